The predicted octanol–water partition coefficient (Wildman–Crippen LogP) is 0.509. The van der Waals surface area contributed by atoms with Crippen LogP contribution < -0.4 is 5.32 Å². The lowest BCUT2D eigenvalue weighted by atomic mass is 9.91. The van der Waals surface area contributed by atoms with E-state index in [-0.39, 0.29) is 6.10 Å². The van der Waals surface area contributed by atoms with Gasteiger partial charge in [0, 0.05) is 12.0 Å². The van der Waals surface area contributed by atoms with Gasteiger partial charge >= 0.3 is 0 Å². The maximum absolute atomic E-state index is 9.54. The summed E-state index contributed by atoms with van der Waals surface area (Å²) >= 11 is 0. The highest BCUT2D eigenvalue weighted by Gasteiger charge is 2.34. The van der Waals surface area contributed by atoms with Gasteiger partial charge in [0.1, 0.15) is 0 Å². The van der Waals surface area contributed by atoms with E-state index in [1.165, 1.54) is 19.3 Å². The molecule has 0 aromatic heterocycles. The van der Waals surface area contributed by atoms with Gasteiger partial charge in [-0.05, 0) is 25.8 Å². The molecule has 2 aliphatic rings. The number of piperidine rings is 1. The van der Waals surface area contributed by atoms with Crippen LogP contribution in [0.3, 0.4) is 0 Å². The third-order valence-electron chi connectivity index (χ3n) is 2.91. The zero-order valence-electron chi connectivity index (χ0n) is 6.21. The minimum atomic E-state index is -0.00579. The van der Waals surface area contributed by atoms with Crippen LogP contribution in [0.5, 0.6) is 0 Å². The van der Waals surface area contributed by atoms with Gasteiger partial charge in [-0.15, -0.1) is 0 Å². The van der Waals surface area contributed by atoms with Crippen molar-refractivity contribution in [3.05, 3.63) is 0 Å². The van der Waals surface area contributed by atoms with Gasteiger partial charge in [0.05, 0.1) is 6.10 Å². The Kier molecular flexibility index (Phi) is 1.66. The number of fused-ring (bicyclic) bond motifs is 1. The number of hydrogen-bond acceptors (Lipinski definition) is 2. The van der Waals surface area contributed by atoms with Crippen LogP contribution in [0.1, 0.15) is 25.7 Å². The first-order valence-electron chi connectivity index (χ1n) is 4.29. The summed E-state index contributed by atoms with van der Waals surface area (Å²) < 4.78 is 0. The van der Waals surface area contributed by atoms with Crippen LogP contribution in [0.2, 0.25) is 0 Å². The molecule has 2 heteroatoms. The molecule has 0 bridgehead atoms. The molecule has 0 amide bonds. The third kappa shape index (κ3) is 0.956. The van der Waals surface area contributed by atoms with E-state index in [0.29, 0.717) is 12.0 Å². The zero-order valence-corrected chi connectivity index (χ0v) is 6.21. The molecular formula is C8H15NO. The second-order valence-electron chi connectivity index (χ2n) is 3.51. The van der Waals surface area contributed by atoms with Gasteiger partial charge in [-0.3, -0.25) is 0 Å². The topological polar surface area (TPSA) is 32.3 Å². The van der Waals surface area contributed by atoms with Crippen molar-refractivity contribution in [1.29, 1.82) is 0 Å². The smallest absolute Gasteiger partial charge is 0.0595 e. The summed E-state index contributed by atoms with van der Waals surface area (Å²) in [5.41, 5.74) is 0. The van der Waals surface area contributed by atoms with Crippen molar-refractivity contribution in [2.45, 2.75) is 37.8 Å². The van der Waals surface area contributed by atoms with Crippen molar-refractivity contribution < 1.29 is 5.11 Å². The SMILES string of the molecule is O[C@H]1CCN[C@H]2CCC[C@@H]21. The van der Waals surface area contributed by atoms with Gasteiger partial charge in [-0.2, -0.15) is 0 Å². The summed E-state index contributed by atoms with van der Waals surface area (Å²) in [6, 6.07) is 0.642. The lowest BCUT2D eigenvalue weighted by Gasteiger charge is -2.31. The monoisotopic (exact) mass is 141 g/mol. The first-order chi connectivity index (χ1) is 4.88. The highest BCUT2D eigenvalue weighted by molar-refractivity contribution is 4.91. The average Bonchev–Trinajstić information content (AvgIpc) is 2.36. The Bertz CT molecular complexity index is 126. The van der Waals surface area contributed by atoms with Crippen LogP contribution >= 0.6 is 0 Å². The van der Waals surface area contributed by atoms with E-state index in [4.69, 9.17) is 0 Å². The predicted molar refractivity (Wildman–Crippen MR) is 39.8 cm³/mol. The van der Waals surface area contributed by atoms with Gasteiger partial charge in [0.15, 0.2) is 0 Å². The maximum atomic E-state index is 9.54. The second kappa shape index (κ2) is 2.51. The van der Waals surface area contributed by atoms with Crippen molar-refractivity contribution >= 4 is 0 Å². The van der Waals surface area contributed by atoms with Gasteiger partial charge in [-0.1, -0.05) is 6.42 Å². The molecule has 2 N–H and O–H groups in total. The largest absolute Gasteiger partial charge is 0.393 e. The molecule has 1 saturated heterocycles. The Morgan fingerprint density at radius 1 is 1.20 bits per heavy atom. The number of aliphatic hydroxyl groups excluding tert-OH is 1. The van der Waals surface area contributed by atoms with Crippen LogP contribution in [0.4, 0.5) is 0 Å². The molecule has 3 atom stereocenters. The molecule has 1 saturated carbocycles. The molecule has 1 aliphatic carbocycles. The fraction of sp³-hybridized carbons (Fsp3) is 1.00. The van der Waals surface area contributed by atoms with Crippen molar-refractivity contribution in [3.63, 3.8) is 0 Å². The summed E-state index contributed by atoms with van der Waals surface area (Å²) in [6.07, 6.45) is 4.77. The molecule has 0 unspecified atom stereocenters. The molecular weight excluding hydrogens is 126 g/mol. The normalized spacial score (nSPS) is 47.1. The van der Waals surface area contributed by atoms with Crippen molar-refractivity contribution in [1.82, 2.24) is 5.32 Å². The Hall–Kier alpha value is -0.0800. The molecule has 1 heterocycles. The molecule has 10 heavy (non-hydrogen) atoms. The van der Waals surface area contributed by atoms with Gasteiger partial charge in [-0.25, -0.2) is 0 Å². The lowest BCUT2D eigenvalue weighted by Crippen LogP contribution is -2.45. The fourth-order valence-corrected chi connectivity index (χ4v) is 2.33. The van der Waals surface area contributed by atoms with E-state index in [0.717, 1.165) is 13.0 Å². The minimum Gasteiger partial charge on any atom is -0.393 e. The Morgan fingerprint density at radius 3 is 2.90 bits per heavy atom. The molecule has 0 aromatic rings. The molecule has 1 aliphatic heterocycles. The summed E-state index contributed by atoms with van der Waals surface area (Å²) in [7, 11) is 0. The molecule has 58 valence electrons. The summed E-state index contributed by atoms with van der Waals surface area (Å²) in [6.45, 7) is 1.02. The van der Waals surface area contributed by atoms with E-state index in [1.54, 1.807) is 0 Å². The van der Waals surface area contributed by atoms with Crippen molar-refractivity contribution in [2.24, 2.45) is 5.92 Å². The van der Waals surface area contributed by atoms with E-state index < -0.39 is 0 Å². The fourth-order valence-electron chi connectivity index (χ4n) is 2.33. The number of nitrogens with one attached hydrogen (secondary N) is 1. The molecule has 0 aromatic carbocycles. The van der Waals surface area contributed by atoms with Crippen molar-refractivity contribution in [2.75, 3.05) is 6.54 Å². The van der Waals surface area contributed by atoms with Gasteiger partial charge in [0.25, 0.3) is 0 Å². The Labute approximate surface area is 61.6 Å². The second-order valence-corrected chi connectivity index (χ2v) is 3.51. The Balaban J connectivity index is 2.03. The zero-order chi connectivity index (χ0) is 6.97. The van der Waals surface area contributed by atoms with Gasteiger partial charge in [0.2, 0.25) is 0 Å². The van der Waals surface area contributed by atoms with E-state index in [2.05, 4.69) is 5.32 Å². The lowest BCUT2D eigenvalue weighted by molar-refractivity contribution is 0.0645. The van der Waals surface area contributed by atoms with E-state index >= 15 is 0 Å². The number of hydrogen-bond donors (Lipinski definition) is 2. The van der Waals surface area contributed by atoms with Gasteiger partial charge < -0.3 is 10.4 Å². The summed E-state index contributed by atoms with van der Waals surface area (Å²) in [4.78, 5) is 0. The molecule has 2 rings (SSSR count). The quantitative estimate of drug-likeness (QED) is 0.515. The third-order valence-corrected chi connectivity index (χ3v) is 2.91. The summed E-state index contributed by atoms with van der Waals surface area (Å²) in [5, 5.41) is 13.0. The van der Waals surface area contributed by atoms with Crippen LogP contribution in [0, 0.1) is 5.92 Å². The molecule has 0 radical (unpaired) electrons. The standard InChI is InChI=1S/C8H15NO/c10-8-4-5-9-7-3-1-2-6(7)8/h6-10H,1-5H2/t6-,7-,8-/m0/s1. The molecule has 0 spiro atoms. The summed E-state index contributed by atoms with van der Waals surface area (Å²) in [5.74, 6) is 0.578. The molecule has 2 nitrogen and oxygen atoms in total. The van der Waals surface area contributed by atoms with Crippen LogP contribution in [-0.2, 0) is 0 Å². The van der Waals surface area contributed by atoms with Crippen LogP contribution in [0.15, 0.2) is 0 Å². The maximum Gasteiger partial charge on any atom is 0.0595 e. The van der Waals surface area contributed by atoms with Crippen LogP contribution in [-0.4, -0.2) is 23.8 Å². The molecule has 2 fully saturated rings. The highest BCUT2D eigenvalue weighted by atomic mass is 16.3. The average molecular weight is 141 g/mol. The number of aliphatic hydroxyl groups is 1. The van der Waals surface area contributed by atoms with E-state index in [1.807, 2.05) is 0 Å². The number of rotatable bonds is 0. The highest BCUT2D eigenvalue weighted by Crippen LogP contribution is 2.31. The minimum absolute atomic E-state index is 0.00579. The first-order valence-corrected chi connectivity index (χ1v) is 4.29. The van der Waals surface area contributed by atoms with Crippen molar-refractivity contribution in [3.8, 4) is 0 Å². The van der Waals surface area contributed by atoms with E-state index in [9.17, 15) is 5.11 Å². The Morgan fingerprint density at radius 2 is 2.10 bits per heavy atom. The first kappa shape index (κ1) is 6.62. The van der Waals surface area contributed by atoms with Crippen LogP contribution in [0.25, 0.3) is 0 Å².